The van der Waals surface area contributed by atoms with Crippen LogP contribution < -0.4 is 0 Å². The molecule has 4 aliphatic carbocycles. The number of carbonyl (C=O) groups excluding carboxylic acids is 1. The number of likely N-dealkylation sites (tertiary alicyclic amines) is 1. The normalized spacial score (nSPS) is 45.7. The maximum absolute atomic E-state index is 13.3. The second-order valence-electron chi connectivity index (χ2n) is 11.6. The number of alkyl halides is 1. The zero-order valence-electron chi connectivity index (χ0n) is 18.4. The van der Waals surface area contributed by atoms with Crippen molar-refractivity contribution in [1.29, 1.82) is 0 Å². The van der Waals surface area contributed by atoms with Crippen molar-refractivity contribution in [2.45, 2.75) is 88.2 Å². The monoisotopic (exact) mass is 466 g/mol. The SMILES string of the molecule is CC1CN(CC2CCN(C(=O)CC34CC5CC(CC(Br)(C5)C3)C4)CC2)CC(C)O1. The molecule has 164 valence electrons. The maximum Gasteiger partial charge on any atom is 0.223 e. The lowest BCUT2D eigenvalue weighted by atomic mass is 9.48. The van der Waals surface area contributed by atoms with E-state index in [9.17, 15) is 4.79 Å². The molecule has 6 rings (SSSR count). The number of hydrogen-bond acceptors (Lipinski definition) is 3. The Balaban J connectivity index is 1.12. The summed E-state index contributed by atoms with van der Waals surface area (Å²) in [6.45, 7) is 9.62. The van der Waals surface area contributed by atoms with E-state index in [1.807, 2.05) is 0 Å². The summed E-state index contributed by atoms with van der Waals surface area (Å²) in [4.78, 5) is 18.1. The van der Waals surface area contributed by atoms with Crippen LogP contribution in [0.4, 0.5) is 0 Å². The summed E-state index contributed by atoms with van der Waals surface area (Å²) in [5.74, 6) is 2.93. The molecule has 6 aliphatic rings. The van der Waals surface area contributed by atoms with Crippen molar-refractivity contribution in [3.8, 4) is 0 Å². The number of morpholine rings is 1. The second kappa shape index (κ2) is 7.78. The summed E-state index contributed by atoms with van der Waals surface area (Å²) in [5.41, 5.74) is 0.307. The highest BCUT2D eigenvalue weighted by Gasteiger charge is 2.57. The third-order valence-corrected chi connectivity index (χ3v) is 9.54. The van der Waals surface area contributed by atoms with E-state index in [4.69, 9.17) is 4.74 Å². The maximum atomic E-state index is 13.3. The minimum Gasteiger partial charge on any atom is -0.373 e. The number of nitrogens with zero attached hydrogens (tertiary/aromatic N) is 2. The van der Waals surface area contributed by atoms with E-state index in [2.05, 4.69) is 39.6 Å². The zero-order chi connectivity index (χ0) is 20.2. The molecule has 0 aromatic carbocycles. The van der Waals surface area contributed by atoms with Gasteiger partial charge in [-0.25, -0.2) is 0 Å². The number of amides is 1. The van der Waals surface area contributed by atoms with Crippen molar-refractivity contribution in [2.24, 2.45) is 23.2 Å². The second-order valence-corrected chi connectivity index (χ2v) is 13.3. The van der Waals surface area contributed by atoms with Gasteiger partial charge in [0, 0.05) is 43.5 Å². The molecule has 1 amide bonds. The molecule has 0 N–H and O–H groups in total. The fourth-order valence-corrected chi connectivity index (χ4v) is 9.65. The van der Waals surface area contributed by atoms with Gasteiger partial charge in [-0.2, -0.15) is 0 Å². The van der Waals surface area contributed by atoms with Gasteiger partial charge < -0.3 is 9.64 Å². The molecule has 5 heteroatoms. The van der Waals surface area contributed by atoms with E-state index >= 15 is 0 Å². The minimum absolute atomic E-state index is 0.307. The Labute approximate surface area is 185 Å². The van der Waals surface area contributed by atoms with Crippen LogP contribution in [0.25, 0.3) is 0 Å². The highest BCUT2D eigenvalue weighted by molar-refractivity contribution is 9.10. The molecule has 4 saturated carbocycles. The van der Waals surface area contributed by atoms with Crippen LogP contribution in [-0.2, 0) is 9.53 Å². The quantitative estimate of drug-likeness (QED) is 0.573. The average Bonchev–Trinajstić information content (AvgIpc) is 2.58. The predicted octanol–water partition coefficient (Wildman–Crippen LogP) is 4.46. The molecule has 29 heavy (non-hydrogen) atoms. The van der Waals surface area contributed by atoms with Gasteiger partial charge in [-0.1, -0.05) is 15.9 Å². The van der Waals surface area contributed by atoms with Gasteiger partial charge in [0.25, 0.3) is 0 Å². The van der Waals surface area contributed by atoms with Crippen LogP contribution in [0, 0.1) is 23.2 Å². The van der Waals surface area contributed by atoms with Crippen molar-refractivity contribution >= 4 is 21.8 Å². The molecule has 4 atom stereocenters. The van der Waals surface area contributed by atoms with Gasteiger partial charge in [0.15, 0.2) is 0 Å². The highest BCUT2D eigenvalue weighted by Crippen LogP contribution is 2.65. The van der Waals surface area contributed by atoms with Gasteiger partial charge in [0.05, 0.1) is 12.2 Å². The minimum atomic E-state index is 0.307. The van der Waals surface area contributed by atoms with Crippen LogP contribution in [0.3, 0.4) is 0 Å². The smallest absolute Gasteiger partial charge is 0.223 e. The van der Waals surface area contributed by atoms with Crippen LogP contribution in [0.5, 0.6) is 0 Å². The third kappa shape index (κ3) is 4.43. The molecule has 0 radical (unpaired) electrons. The van der Waals surface area contributed by atoms with Gasteiger partial charge in [0.2, 0.25) is 5.91 Å². The molecule has 2 saturated heterocycles. The van der Waals surface area contributed by atoms with Gasteiger partial charge in [-0.3, -0.25) is 9.69 Å². The molecule has 4 nitrogen and oxygen atoms in total. The van der Waals surface area contributed by atoms with E-state index in [-0.39, 0.29) is 0 Å². The summed E-state index contributed by atoms with van der Waals surface area (Å²) in [5, 5.41) is 0. The van der Waals surface area contributed by atoms with E-state index < -0.39 is 0 Å². The Bertz CT molecular complexity index is 608. The lowest BCUT2D eigenvalue weighted by Gasteiger charge is -2.60. The first-order chi connectivity index (χ1) is 13.8. The first-order valence-corrected chi connectivity index (χ1v) is 12.9. The summed E-state index contributed by atoms with van der Waals surface area (Å²) in [7, 11) is 0. The first kappa shape index (κ1) is 20.8. The summed E-state index contributed by atoms with van der Waals surface area (Å²) < 4.78 is 6.24. The van der Waals surface area contributed by atoms with Crippen LogP contribution >= 0.6 is 15.9 Å². The number of hydrogen-bond donors (Lipinski definition) is 0. The van der Waals surface area contributed by atoms with Gasteiger partial charge in [-0.15, -0.1) is 0 Å². The topological polar surface area (TPSA) is 32.8 Å². The van der Waals surface area contributed by atoms with E-state index in [0.717, 1.165) is 50.4 Å². The Morgan fingerprint density at radius 3 is 2.24 bits per heavy atom. The fourth-order valence-electron chi connectivity index (χ4n) is 8.14. The van der Waals surface area contributed by atoms with Crippen LogP contribution in [0.1, 0.15) is 71.6 Å². The Morgan fingerprint density at radius 2 is 1.66 bits per heavy atom. The molecular weight excluding hydrogens is 428 g/mol. The molecule has 4 bridgehead atoms. The van der Waals surface area contributed by atoms with E-state index in [0.29, 0.717) is 27.9 Å². The number of carbonyl (C=O) groups is 1. The Morgan fingerprint density at radius 1 is 1.03 bits per heavy atom. The number of piperidine rings is 1. The summed E-state index contributed by atoms with van der Waals surface area (Å²) in [6.07, 6.45) is 11.8. The fraction of sp³-hybridized carbons (Fsp3) is 0.958. The van der Waals surface area contributed by atoms with Crippen molar-refractivity contribution in [1.82, 2.24) is 9.80 Å². The van der Waals surface area contributed by atoms with Crippen LogP contribution in [0.2, 0.25) is 0 Å². The molecule has 2 heterocycles. The first-order valence-electron chi connectivity index (χ1n) is 12.1. The lowest BCUT2D eigenvalue weighted by Crippen LogP contribution is -2.54. The predicted molar refractivity (Wildman–Crippen MR) is 119 cm³/mol. The van der Waals surface area contributed by atoms with E-state index in [1.165, 1.54) is 57.9 Å². The molecular formula is C24H39BrN2O2. The molecule has 0 aromatic rings. The summed E-state index contributed by atoms with van der Waals surface area (Å²) in [6, 6.07) is 0. The lowest BCUT2D eigenvalue weighted by molar-refractivity contribution is -0.140. The summed E-state index contributed by atoms with van der Waals surface area (Å²) >= 11 is 4.10. The standard InChI is InChI=1S/C24H39BrN2O2/c1-17-13-26(14-18(2)29-17)15-19-3-5-27(6-4-19)22(28)12-23-8-20-7-21(9-23)11-24(25,10-20)16-23/h17-21H,3-16H2,1-2H3. The average molecular weight is 467 g/mol. The number of halogens is 1. The molecule has 0 aromatic heterocycles. The molecule has 0 spiro atoms. The Hall–Kier alpha value is -0.130. The van der Waals surface area contributed by atoms with Crippen molar-refractivity contribution in [3.05, 3.63) is 0 Å². The van der Waals surface area contributed by atoms with Crippen molar-refractivity contribution in [3.63, 3.8) is 0 Å². The van der Waals surface area contributed by atoms with Crippen LogP contribution in [-0.4, -0.2) is 65.0 Å². The highest BCUT2D eigenvalue weighted by atomic mass is 79.9. The zero-order valence-corrected chi connectivity index (χ0v) is 20.0. The van der Waals surface area contributed by atoms with Crippen molar-refractivity contribution < 1.29 is 9.53 Å². The molecule has 2 aliphatic heterocycles. The number of rotatable bonds is 4. The van der Waals surface area contributed by atoms with Crippen LogP contribution in [0.15, 0.2) is 0 Å². The van der Waals surface area contributed by atoms with Gasteiger partial charge in [0.1, 0.15) is 0 Å². The van der Waals surface area contributed by atoms with Gasteiger partial charge >= 0.3 is 0 Å². The Kier molecular flexibility index (Phi) is 5.57. The molecule has 6 fully saturated rings. The molecule has 4 unspecified atom stereocenters. The van der Waals surface area contributed by atoms with Crippen molar-refractivity contribution in [2.75, 3.05) is 32.7 Å². The van der Waals surface area contributed by atoms with Gasteiger partial charge in [-0.05, 0) is 88.4 Å². The largest absolute Gasteiger partial charge is 0.373 e. The third-order valence-electron chi connectivity index (χ3n) is 8.62. The van der Waals surface area contributed by atoms with E-state index in [1.54, 1.807) is 0 Å². The number of ether oxygens (including phenoxy) is 1.